The van der Waals surface area contributed by atoms with E-state index in [1.807, 2.05) is 13.8 Å². The Morgan fingerprint density at radius 3 is 2.57 bits per heavy atom. The molecule has 0 aliphatic rings. The van der Waals surface area contributed by atoms with Crippen LogP contribution in [0.2, 0.25) is 10.0 Å². The van der Waals surface area contributed by atoms with Crippen molar-refractivity contribution in [3.8, 4) is 5.88 Å². The first-order chi connectivity index (χ1) is 13.3. The maximum absolute atomic E-state index is 12.7. The zero-order valence-corrected chi connectivity index (χ0v) is 17.5. The third kappa shape index (κ3) is 6.39. The van der Waals surface area contributed by atoms with Gasteiger partial charge in [0, 0.05) is 23.8 Å². The minimum atomic E-state index is -0.692. The van der Waals surface area contributed by atoms with Gasteiger partial charge < -0.3 is 15.4 Å². The molecule has 8 heteroatoms. The molecule has 2 N–H and O–H groups in total. The topological polar surface area (TPSA) is 80.3 Å². The second-order valence-electron chi connectivity index (χ2n) is 6.70. The second kappa shape index (κ2) is 10.3. The van der Waals surface area contributed by atoms with Gasteiger partial charge in [-0.25, -0.2) is 4.98 Å². The minimum absolute atomic E-state index is 0.206. The Morgan fingerprint density at radius 2 is 1.93 bits per heavy atom. The number of hydrogen-bond donors (Lipinski definition) is 2. The van der Waals surface area contributed by atoms with Gasteiger partial charge >= 0.3 is 0 Å². The van der Waals surface area contributed by atoms with Gasteiger partial charge in [-0.2, -0.15) is 0 Å². The first-order valence-corrected chi connectivity index (χ1v) is 9.58. The third-order valence-corrected chi connectivity index (χ3v) is 4.53. The fraction of sp³-hybridized carbons (Fsp3) is 0.350. The molecule has 0 aliphatic carbocycles. The van der Waals surface area contributed by atoms with Crippen LogP contribution in [-0.4, -0.2) is 29.9 Å². The predicted molar refractivity (Wildman–Crippen MR) is 110 cm³/mol. The summed E-state index contributed by atoms with van der Waals surface area (Å²) in [6, 6.07) is 7.44. The van der Waals surface area contributed by atoms with Crippen molar-refractivity contribution in [2.45, 2.75) is 32.9 Å². The van der Waals surface area contributed by atoms with E-state index in [0.29, 0.717) is 23.9 Å². The first-order valence-electron chi connectivity index (χ1n) is 8.82. The SMILES string of the molecule is COc1cc(CNC(=O)C(CC(C)C)NC(=O)c2ccc(Cl)cc2Cl)ccn1. The lowest BCUT2D eigenvalue weighted by molar-refractivity contribution is -0.123. The summed E-state index contributed by atoms with van der Waals surface area (Å²) in [7, 11) is 1.53. The molecule has 2 aromatic rings. The van der Waals surface area contributed by atoms with Crippen LogP contribution in [0.15, 0.2) is 36.5 Å². The number of pyridine rings is 1. The molecule has 2 amide bonds. The van der Waals surface area contributed by atoms with Gasteiger partial charge in [-0.3, -0.25) is 9.59 Å². The number of halogens is 2. The predicted octanol–water partition coefficient (Wildman–Crippen LogP) is 3.86. The van der Waals surface area contributed by atoms with Crippen LogP contribution in [0.4, 0.5) is 0 Å². The molecule has 0 spiro atoms. The molecule has 150 valence electrons. The quantitative estimate of drug-likeness (QED) is 0.675. The molecule has 1 aromatic heterocycles. The summed E-state index contributed by atoms with van der Waals surface area (Å²) in [4.78, 5) is 29.3. The highest BCUT2D eigenvalue weighted by molar-refractivity contribution is 6.36. The van der Waals surface area contributed by atoms with Crippen LogP contribution in [0.25, 0.3) is 0 Å². The van der Waals surface area contributed by atoms with E-state index in [2.05, 4.69) is 15.6 Å². The highest BCUT2D eigenvalue weighted by atomic mass is 35.5. The molecule has 0 radical (unpaired) electrons. The number of carbonyl (C=O) groups excluding carboxylic acids is 2. The fourth-order valence-corrected chi connectivity index (χ4v) is 3.09. The number of rotatable bonds is 8. The van der Waals surface area contributed by atoms with Gasteiger partial charge in [-0.05, 0) is 42.2 Å². The lowest BCUT2D eigenvalue weighted by atomic mass is 10.0. The molecule has 1 heterocycles. The molecule has 6 nitrogen and oxygen atoms in total. The van der Waals surface area contributed by atoms with Gasteiger partial charge in [0.25, 0.3) is 5.91 Å². The van der Waals surface area contributed by atoms with E-state index in [1.54, 1.807) is 24.4 Å². The molecule has 0 saturated heterocycles. The number of aromatic nitrogens is 1. The van der Waals surface area contributed by atoms with E-state index in [9.17, 15) is 9.59 Å². The summed E-state index contributed by atoms with van der Waals surface area (Å²) >= 11 is 12.0. The van der Waals surface area contributed by atoms with E-state index < -0.39 is 11.9 Å². The van der Waals surface area contributed by atoms with Crippen molar-refractivity contribution in [1.29, 1.82) is 0 Å². The Hall–Kier alpha value is -2.31. The number of ether oxygens (including phenoxy) is 1. The van der Waals surface area contributed by atoms with Gasteiger partial charge in [0.15, 0.2) is 0 Å². The zero-order valence-electron chi connectivity index (χ0n) is 16.0. The normalized spacial score (nSPS) is 11.8. The van der Waals surface area contributed by atoms with E-state index in [4.69, 9.17) is 27.9 Å². The number of benzene rings is 1. The summed E-state index contributed by atoms with van der Waals surface area (Å²) in [5.74, 6) is -0.0233. The average Bonchev–Trinajstić information content (AvgIpc) is 2.65. The molecule has 0 aliphatic heterocycles. The van der Waals surface area contributed by atoms with E-state index in [-0.39, 0.29) is 22.4 Å². The summed E-state index contributed by atoms with van der Waals surface area (Å²) < 4.78 is 5.08. The number of carbonyl (C=O) groups is 2. The molecule has 0 fully saturated rings. The van der Waals surface area contributed by atoms with Gasteiger partial charge in [0.2, 0.25) is 11.8 Å². The van der Waals surface area contributed by atoms with Crippen molar-refractivity contribution in [1.82, 2.24) is 15.6 Å². The lowest BCUT2D eigenvalue weighted by Gasteiger charge is -2.20. The average molecular weight is 424 g/mol. The van der Waals surface area contributed by atoms with Gasteiger partial charge in [0.1, 0.15) is 6.04 Å². The lowest BCUT2D eigenvalue weighted by Crippen LogP contribution is -2.47. The first kappa shape index (κ1) is 22.0. The molecule has 28 heavy (non-hydrogen) atoms. The minimum Gasteiger partial charge on any atom is -0.481 e. The molecule has 1 atom stereocenters. The smallest absolute Gasteiger partial charge is 0.253 e. The Bertz CT molecular complexity index is 843. The van der Waals surface area contributed by atoms with Crippen LogP contribution >= 0.6 is 23.2 Å². The van der Waals surface area contributed by atoms with Crippen LogP contribution in [0.5, 0.6) is 5.88 Å². The molecule has 1 unspecified atom stereocenters. The standard InChI is InChI=1S/C20H23Cl2N3O3/c1-12(2)8-17(25-19(26)15-5-4-14(21)10-16(15)22)20(27)24-11-13-6-7-23-18(9-13)28-3/h4-7,9-10,12,17H,8,11H2,1-3H3,(H,24,27)(H,25,26). The van der Waals surface area contributed by atoms with E-state index >= 15 is 0 Å². The monoisotopic (exact) mass is 423 g/mol. The number of hydrogen-bond acceptors (Lipinski definition) is 4. The van der Waals surface area contributed by atoms with Crippen molar-refractivity contribution in [2.24, 2.45) is 5.92 Å². The Kier molecular flexibility index (Phi) is 8.08. The number of amides is 2. The summed E-state index contributed by atoms with van der Waals surface area (Å²) in [5, 5.41) is 6.28. The molecule has 2 rings (SSSR count). The number of nitrogens with one attached hydrogen (secondary N) is 2. The summed E-state index contributed by atoms with van der Waals surface area (Å²) in [6.45, 7) is 4.26. The van der Waals surface area contributed by atoms with Gasteiger partial charge in [-0.1, -0.05) is 37.0 Å². The third-order valence-electron chi connectivity index (χ3n) is 3.98. The van der Waals surface area contributed by atoms with Crippen molar-refractivity contribution in [3.05, 3.63) is 57.7 Å². The van der Waals surface area contributed by atoms with Crippen LogP contribution in [-0.2, 0) is 11.3 Å². The molecule has 1 aromatic carbocycles. The molecule has 0 bridgehead atoms. The van der Waals surface area contributed by atoms with Crippen LogP contribution in [0, 0.1) is 5.92 Å². The van der Waals surface area contributed by atoms with Crippen molar-refractivity contribution in [2.75, 3.05) is 7.11 Å². The Balaban J connectivity index is 2.06. The fourth-order valence-electron chi connectivity index (χ4n) is 2.60. The van der Waals surface area contributed by atoms with Crippen LogP contribution in [0.3, 0.4) is 0 Å². The summed E-state index contributed by atoms with van der Waals surface area (Å²) in [5.41, 5.74) is 1.11. The van der Waals surface area contributed by atoms with Crippen molar-refractivity contribution < 1.29 is 14.3 Å². The zero-order chi connectivity index (χ0) is 20.7. The maximum Gasteiger partial charge on any atom is 0.253 e. The highest BCUT2D eigenvalue weighted by Gasteiger charge is 2.23. The number of methoxy groups -OCH3 is 1. The number of nitrogens with zero attached hydrogens (tertiary/aromatic N) is 1. The maximum atomic E-state index is 12.7. The van der Waals surface area contributed by atoms with Crippen molar-refractivity contribution in [3.63, 3.8) is 0 Å². The second-order valence-corrected chi connectivity index (χ2v) is 7.55. The van der Waals surface area contributed by atoms with E-state index in [0.717, 1.165) is 5.56 Å². The van der Waals surface area contributed by atoms with E-state index in [1.165, 1.54) is 19.2 Å². The largest absolute Gasteiger partial charge is 0.481 e. The Morgan fingerprint density at radius 1 is 1.18 bits per heavy atom. The van der Waals surface area contributed by atoms with Crippen LogP contribution < -0.4 is 15.4 Å². The van der Waals surface area contributed by atoms with Gasteiger partial charge in [-0.15, -0.1) is 0 Å². The van der Waals surface area contributed by atoms with Crippen LogP contribution in [0.1, 0.15) is 36.2 Å². The van der Waals surface area contributed by atoms with Crippen molar-refractivity contribution >= 4 is 35.0 Å². The molecular weight excluding hydrogens is 401 g/mol. The summed E-state index contributed by atoms with van der Waals surface area (Å²) in [6.07, 6.45) is 2.10. The highest BCUT2D eigenvalue weighted by Crippen LogP contribution is 2.21. The molecule has 0 saturated carbocycles. The molecular formula is C20H23Cl2N3O3. The Labute approximate surface area is 174 Å². The van der Waals surface area contributed by atoms with Gasteiger partial charge in [0.05, 0.1) is 17.7 Å².